The van der Waals surface area contributed by atoms with Gasteiger partial charge in [-0.2, -0.15) is 0 Å². The molecule has 0 saturated carbocycles. The maximum absolute atomic E-state index is 6.42. The Bertz CT molecular complexity index is 717. The molecule has 2 aliphatic rings. The van der Waals surface area contributed by atoms with E-state index in [2.05, 4.69) is 66.4 Å². The van der Waals surface area contributed by atoms with Crippen molar-refractivity contribution in [3.63, 3.8) is 0 Å². The molecule has 0 bridgehead atoms. The minimum absolute atomic E-state index is 0.202. The van der Waals surface area contributed by atoms with Crippen molar-refractivity contribution in [2.45, 2.75) is 37.6 Å². The van der Waals surface area contributed by atoms with Gasteiger partial charge in [-0.15, -0.1) is 0 Å². The SMILES string of the molecule is CCC(CN1CCC2(C1)OC(OC)c1ccccc12)c1ccccc1. The van der Waals surface area contributed by atoms with E-state index in [0.29, 0.717) is 5.92 Å². The van der Waals surface area contributed by atoms with Gasteiger partial charge in [0.05, 0.1) is 0 Å². The largest absolute Gasteiger partial charge is 0.352 e. The van der Waals surface area contributed by atoms with E-state index in [0.717, 1.165) is 32.5 Å². The predicted molar refractivity (Wildman–Crippen MR) is 99.5 cm³/mol. The third kappa shape index (κ3) is 3.01. The number of nitrogens with zero attached hydrogens (tertiary/aromatic N) is 1. The number of methoxy groups -OCH3 is 1. The van der Waals surface area contributed by atoms with Crippen LogP contribution >= 0.6 is 0 Å². The summed E-state index contributed by atoms with van der Waals surface area (Å²) < 4.78 is 12.0. The molecule has 0 aromatic heterocycles. The smallest absolute Gasteiger partial charge is 0.184 e. The maximum atomic E-state index is 6.42. The lowest BCUT2D eigenvalue weighted by Gasteiger charge is -2.27. The Morgan fingerprint density at radius 2 is 1.92 bits per heavy atom. The van der Waals surface area contributed by atoms with Gasteiger partial charge in [0.25, 0.3) is 0 Å². The van der Waals surface area contributed by atoms with Crippen LogP contribution in [0.2, 0.25) is 0 Å². The summed E-state index contributed by atoms with van der Waals surface area (Å²) in [5, 5.41) is 0. The van der Waals surface area contributed by atoms with Crippen LogP contribution in [0.4, 0.5) is 0 Å². The zero-order chi connectivity index (χ0) is 17.3. The molecule has 4 rings (SSSR count). The summed E-state index contributed by atoms with van der Waals surface area (Å²) >= 11 is 0. The van der Waals surface area contributed by atoms with E-state index in [1.165, 1.54) is 16.7 Å². The highest BCUT2D eigenvalue weighted by atomic mass is 16.7. The number of fused-ring (bicyclic) bond motifs is 2. The zero-order valence-corrected chi connectivity index (χ0v) is 15.2. The first-order valence-electron chi connectivity index (χ1n) is 9.33. The van der Waals surface area contributed by atoms with Crippen LogP contribution in [0.15, 0.2) is 54.6 Å². The Morgan fingerprint density at radius 1 is 1.16 bits per heavy atom. The lowest BCUT2D eigenvalue weighted by Crippen LogP contribution is -2.33. The molecule has 0 aliphatic carbocycles. The van der Waals surface area contributed by atoms with Gasteiger partial charge in [0, 0.05) is 32.3 Å². The molecule has 2 aromatic carbocycles. The standard InChI is InChI=1S/C22H27NO2/c1-3-17(18-9-5-4-6-10-18)15-23-14-13-22(16-23)20-12-8-7-11-19(20)21(24-2)25-22/h4-12,17,21H,3,13-16H2,1-2H3. The summed E-state index contributed by atoms with van der Waals surface area (Å²) in [6.07, 6.45) is 1.97. The first-order valence-corrected chi connectivity index (χ1v) is 9.33. The Kier molecular flexibility index (Phi) is 4.63. The van der Waals surface area contributed by atoms with Crippen LogP contribution in [-0.2, 0) is 15.1 Å². The number of hydrogen-bond acceptors (Lipinski definition) is 3. The molecule has 0 amide bonds. The second-order valence-corrected chi connectivity index (χ2v) is 7.27. The Hall–Kier alpha value is -1.68. The van der Waals surface area contributed by atoms with Crippen LogP contribution < -0.4 is 0 Å². The molecule has 2 aliphatic heterocycles. The van der Waals surface area contributed by atoms with Crippen LogP contribution in [0.5, 0.6) is 0 Å². The van der Waals surface area contributed by atoms with Gasteiger partial charge >= 0.3 is 0 Å². The fraction of sp³-hybridized carbons (Fsp3) is 0.455. The van der Waals surface area contributed by atoms with Gasteiger partial charge in [-0.1, -0.05) is 61.5 Å². The molecule has 3 heteroatoms. The van der Waals surface area contributed by atoms with Crippen molar-refractivity contribution in [2.24, 2.45) is 0 Å². The van der Waals surface area contributed by atoms with Gasteiger partial charge in [0.1, 0.15) is 5.60 Å². The van der Waals surface area contributed by atoms with E-state index in [1.807, 2.05) is 0 Å². The lowest BCUT2D eigenvalue weighted by atomic mass is 9.91. The Morgan fingerprint density at radius 3 is 2.68 bits per heavy atom. The highest BCUT2D eigenvalue weighted by Crippen LogP contribution is 2.49. The first kappa shape index (κ1) is 16.8. The van der Waals surface area contributed by atoms with Gasteiger partial charge in [-0.05, 0) is 29.9 Å². The van der Waals surface area contributed by atoms with Crippen molar-refractivity contribution in [1.29, 1.82) is 0 Å². The number of ether oxygens (including phenoxy) is 2. The lowest BCUT2D eigenvalue weighted by molar-refractivity contribution is -0.183. The number of hydrogen-bond donors (Lipinski definition) is 0. The van der Waals surface area contributed by atoms with E-state index >= 15 is 0 Å². The molecule has 1 saturated heterocycles. The van der Waals surface area contributed by atoms with Gasteiger partial charge in [0.2, 0.25) is 0 Å². The zero-order valence-electron chi connectivity index (χ0n) is 15.2. The van der Waals surface area contributed by atoms with Gasteiger partial charge in [-0.25, -0.2) is 0 Å². The van der Waals surface area contributed by atoms with Gasteiger partial charge in [-0.3, -0.25) is 4.90 Å². The van der Waals surface area contributed by atoms with E-state index in [-0.39, 0.29) is 11.9 Å². The molecule has 3 unspecified atom stereocenters. The normalized spacial score (nSPS) is 26.9. The van der Waals surface area contributed by atoms with Crippen LogP contribution in [0.1, 0.15) is 48.7 Å². The van der Waals surface area contributed by atoms with E-state index < -0.39 is 0 Å². The van der Waals surface area contributed by atoms with E-state index in [4.69, 9.17) is 9.47 Å². The number of benzene rings is 2. The third-order valence-electron chi connectivity index (χ3n) is 5.81. The summed E-state index contributed by atoms with van der Waals surface area (Å²) in [5.41, 5.74) is 3.75. The molecule has 0 radical (unpaired) electrons. The van der Waals surface area contributed by atoms with Crippen LogP contribution in [0.25, 0.3) is 0 Å². The highest BCUT2D eigenvalue weighted by Gasteiger charge is 2.49. The van der Waals surface area contributed by atoms with E-state index in [9.17, 15) is 0 Å². The highest BCUT2D eigenvalue weighted by molar-refractivity contribution is 5.38. The Labute approximate surface area is 150 Å². The maximum Gasteiger partial charge on any atom is 0.184 e. The van der Waals surface area contributed by atoms with Crippen LogP contribution in [-0.4, -0.2) is 31.6 Å². The van der Waals surface area contributed by atoms with Gasteiger partial charge in [0.15, 0.2) is 6.29 Å². The molecule has 2 aromatic rings. The molecule has 1 spiro atoms. The number of likely N-dealkylation sites (tertiary alicyclic amines) is 1. The summed E-state index contributed by atoms with van der Waals surface area (Å²) in [6, 6.07) is 19.4. The van der Waals surface area contributed by atoms with Crippen molar-refractivity contribution < 1.29 is 9.47 Å². The fourth-order valence-electron chi connectivity index (χ4n) is 4.46. The third-order valence-corrected chi connectivity index (χ3v) is 5.81. The van der Waals surface area contributed by atoms with Crippen LogP contribution in [0, 0.1) is 0 Å². The minimum Gasteiger partial charge on any atom is -0.352 e. The molecule has 2 heterocycles. The monoisotopic (exact) mass is 337 g/mol. The van der Waals surface area contributed by atoms with Crippen molar-refractivity contribution in [2.75, 3.05) is 26.7 Å². The Balaban J connectivity index is 1.52. The first-order chi connectivity index (χ1) is 12.3. The fourth-order valence-corrected chi connectivity index (χ4v) is 4.46. The minimum atomic E-state index is -0.229. The second-order valence-electron chi connectivity index (χ2n) is 7.27. The topological polar surface area (TPSA) is 21.7 Å². The van der Waals surface area contributed by atoms with Crippen molar-refractivity contribution in [1.82, 2.24) is 4.90 Å². The summed E-state index contributed by atoms with van der Waals surface area (Å²) in [5.74, 6) is 0.575. The van der Waals surface area contributed by atoms with Gasteiger partial charge < -0.3 is 9.47 Å². The molecular weight excluding hydrogens is 310 g/mol. The average Bonchev–Trinajstić information content (AvgIpc) is 3.22. The summed E-state index contributed by atoms with van der Waals surface area (Å²) in [6.45, 7) is 5.40. The van der Waals surface area contributed by atoms with Crippen LogP contribution in [0.3, 0.4) is 0 Å². The van der Waals surface area contributed by atoms with Crippen molar-refractivity contribution in [3.8, 4) is 0 Å². The summed E-state index contributed by atoms with van der Waals surface area (Å²) in [7, 11) is 1.73. The molecule has 3 atom stereocenters. The molecule has 132 valence electrons. The molecule has 0 N–H and O–H groups in total. The average molecular weight is 337 g/mol. The molecule has 25 heavy (non-hydrogen) atoms. The quantitative estimate of drug-likeness (QED) is 0.804. The van der Waals surface area contributed by atoms with Crippen molar-refractivity contribution >= 4 is 0 Å². The molecule has 3 nitrogen and oxygen atoms in total. The predicted octanol–water partition coefficient (Wildman–Crippen LogP) is 4.46. The number of rotatable bonds is 5. The summed E-state index contributed by atoms with van der Waals surface area (Å²) in [4.78, 5) is 2.57. The second kappa shape index (κ2) is 6.91. The van der Waals surface area contributed by atoms with E-state index in [1.54, 1.807) is 7.11 Å². The van der Waals surface area contributed by atoms with Crippen molar-refractivity contribution in [3.05, 3.63) is 71.3 Å². The molecular formula is C22H27NO2. The molecule has 1 fully saturated rings.